The van der Waals surface area contributed by atoms with Crippen LogP contribution in [0.25, 0.3) is 0 Å². The van der Waals surface area contributed by atoms with Gasteiger partial charge in [0.15, 0.2) is 6.29 Å². The standard InChI is InChI=1S/C10H7ClN4OS/c1-6-14-9(11)7(4-16)10(15-6)17-8-2-3-12-5-13-8/h2-5H,1H3. The summed E-state index contributed by atoms with van der Waals surface area (Å²) < 4.78 is 0. The maximum absolute atomic E-state index is 10.9. The van der Waals surface area contributed by atoms with Crippen LogP contribution in [0.4, 0.5) is 0 Å². The Morgan fingerprint density at radius 2 is 2.24 bits per heavy atom. The van der Waals surface area contributed by atoms with E-state index in [-0.39, 0.29) is 10.7 Å². The molecule has 0 spiro atoms. The SMILES string of the molecule is Cc1nc(Cl)c(C=O)c(Sc2ccncn2)n1. The van der Waals surface area contributed by atoms with Crippen molar-refractivity contribution >= 4 is 29.6 Å². The van der Waals surface area contributed by atoms with Crippen LogP contribution in [0.2, 0.25) is 5.15 Å². The Bertz CT molecular complexity index is 550. The van der Waals surface area contributed by atoms with E-state index in [1.54, 1.807) is 19.2 Å². The lowest BCUT2D eigenvalue weighted by Gasteiger charge is -2.05. The molecule has 5 nitrogen and oxygen atoms in total. The fourth-order valence-corrected chi connectivity index (χ4v) is 2.31. The number of hydrogen-bond acceptors (Lipinski definition) is 6. The van der Waals surface area contributed by atoms with Gasteiger partial charge < -0.3 is 0 Å². The summed E-state index contributed by atoms with van der Waals surface area (Å²) in [5.74, 6) is 0.511. The van der Waals surface area contributed by atoms with E-state index in [9.17, 15) is 4.79 Å². The summed E-state index contributed by atoms with van der Waals surface area (Å²) in [4.78, 5) is 26.9. The molecule has 0 amide bonds. The molecule has 0 aliphatic carbocycles. The molecule has 0 atom stereocenters. The van der Waals surface area contributed by atoms with Crippen molar-refractivity contribution < 1.29 is 4.79 Å². The highest BCUT2D eigenvalue weighted by atomic mass is 35.5. The second-order valence-electron chi connectivity index (χ2n) is 3.05. The molecule has 2 aromatic heterocycles. The van der Waals surface area contributed by atoms with Gasteiger partial charge in [-0.3, -0.25) is 4.79 Å². The monoisotopic (exact) mass is 266 g/mol. The Labute approximate surface area is 107 Å². The first-order valence-corrected chi connectivity index (χ1v) is 5.83. The Hall–Kier alpha value is -1.53. The van der Waals surface area contributed by atoms with Gasteiger partial charge in [-0.15, -0.1) is 0 Å². The fraction of sp³-hybridized carbons (Fsp3) is 0.100. The van der Waals surface area contributed by atoms with E-state index < -0.39 is 0 Å². The Balaban J connectivity index is 2.41. The molecule has 0 unspecified atom stereocenters. The second kappa shape index (κ2) is 5.20. The van der Waals surface area contributed by atoms with E-state index in [2.05, 4.69) is 19.9 Å². The molecule has 0 saturated heterocycles. The quantitative estimate of drug-likeness (QED) is 0.627. The first-order chi connectivity index (χ1) is 8.20. The fourth-order valence-electron chi connectivity index (χ4n) is 1.14. The number of carbonyl (C=O) groups is 1. The van der Waals surface area contributed by atoms with Gasteiger partial charge in [0.25, 0.3) is 0 Å². The predicted octanol–water partition coefficient (Wildman–Crippen LogP) is 2.19. The summed E-state index contributed by atoms with van der Waals surface area (Å²) in [6.45, 7) is 1.71. The van der Waals surface area contributed by atoms with Gasteiger partial charge >= 0.3 is 0 Å². The third-order valence-corrected chi connectivity index (χ3v) is 3.09. The van der Waals surface area contributed by atoms with Crippen LogP contribution in [0.5, 0.6) is 0 Å². The molecule has 0 aliphatic rings. The van der Waals surface area contributed by atoms with Crippen molar-refractivity contribution in [2.75, 3.05) is 0 Å². The van der Waals surface area contributed by atoms with E-state index >= 15 is 0 Å². The highest BCUT2D eigenvalue weighted by Crippen LogP contribution is 2.28. The molecule has 2 heterocycles. The predicted molar refractivity (Wildman–Crippen MR) is 63.3 cm³/mol. The Morgan fingerprint density at radius 3 is 2.88 bits per heavy atom. The van der Waals surface area contributed by atoms with Gasteiger partial charge in [-0.05, 0) is 24.8 Å². The summed E-state index contributed by atoms with van der Waals surface area (Å²) in [5.41, 5.74) is 0.279. The van der Waals surface area contributed by atoms with Gasteiger partial charge in [0.2, 0.25) is 0 Å². The van der Waals surface area contributed by atoms with Gasteiger partial charge in [-0.1, -0.05) is 11.6 Å². The molecule has 0 bridgehead atoms. The van der Waals surface area contributed by atoms with Crippen molar-refractivity contribution in [3.05, 3.63) is 35.1 Å². The van der Waals surface area contributed by atoms with Crippen molar-refractivity contribution in [1.29, 1.82) is 0 Å². The minimum Gasteiger partial charge on any atom is -0.298 e. The second-order valence-corrected chi connectivity index (χ2v) is 4.42. The third-order valence-electron chi connectivity index (χ3n) is 1.85. The van der Waals surface area contributed by atoms with Gasteiger partial charge in [-0.2, -0.15) is 0 Å². The smallest absolute Gasteiger partial charge is 0.155 e. The Kier molecular flexibility index (Phi) is 3.65. The van der Waals surface area contributed by atoms with Gasteiger partial charge in [0, 0.05) is 6.20 Å². The molecule has 2 aromatic rings. The number of nitrogens with zero attached hydrogens (tertiary/aromatic N) is 4. The molecule has 0 aromatic carbocycles. The molecular weight excluding hydrogens is 260 g/mol. The number of carbonyl (C=O) groups excluding carboxylic acids is 1. The molecular formula is C10H7ClN4OS. The largest absolute Gasteiger partial charge is 0.298 e. The zero-order valence-corrected chi connectivity index (χ0v) is 10.4. The van der Waals surface area contributed by atoms with Crippen molar-refractivity contribution in [3.8, 4) is 0 Å². The maximum Gasteiger partial charge on any atom is 0.155 e. The van der Waals surface area contributed by atoms with E-state index in [1.807, 2.05) is 0 Å². The first kappa shape index (κ1) is 11.9. The summed E-state index contributed by atoms with van der Waals surface area (Å²) in [6, 6.07) is 1.73. The highest BCUT2D eigenvalue weighted by Gasteiger charge is 2.12. The lowest BCUT2D eigenvalue weighted by atomic mass is 10.4. The zero-order chi connectivity index (χ0) is 12.3. The number of aryl methyl sites for hydroxylation is 1. The molecule has 17 heavy (non-hydrogen) atoms. The average Bonchev–Trinajstić information content (AvgIpc) is 2.30. The number of hydrogen-bond donors (Lipinski definition) is 0. The van der Waals surface area contributed by atoms with E-state index in [1.165, 1.54) is 18.1 Å². The molecule has 0 aliphatic heterocycles. The van der Waals surface area contributed by atoms with Crippen LogP contribution in [0, 0.1) is 6.92 Å². The van der Waals surface area contributed by atoms with Crippen molar-refractivity contribution in [2.24, 2.45) is 0 Å². The Morgan fingerprint density at radius 1 is 1.41 bits per heavy atom. The van der Waals surface area contributed by atoms with Crippen LogP contribution in [0.1, 0.15) is 16.2 Å². The summed E-state index contributed by atoms with van der Waals surface area (Å²) in [5, 5.41) is 1.34. The van der Waals surface area contributed by atoms with Gasteiger partial charge in [0.1, 0.15) is 27.4 Å². The number of halogens is 1. The topological polar surface area (TPSA) is 68.6 Å². The van der Waals surface area contributed by atoms with Gasteiger partial charge in [-0.25, -0.2) is 19.9 Å². The molecule has 0 fully saturated rings. The summed E-state index contributed by atoms with van der Waals surface area (Å²) >= 11 is 7.12. The molecule has 0 N–H and O–H groups in total. The van der Waals surface area contributed by atoms with Crippen LogP contribution in [-0.2, 0) is 0 Å². The number of aromatic nitrogens is 4. The number of aldehydes is 1. The average molecular weight is 267 g/mol. The molecule has 86 valence electrons. The van der Waals surface area contributed by atoms with E-state index in [0.29, 0.717) is 22.2 Å². The zero-order valence-electron chi connectivity index (χ0n) is 8.79. The van der Waals surface area contributed by atoms with Crippen LogP contribution in [0.15, 0.2) is 28.6 Å². The van der Waals surface area contributed by atoms with Crippen LogP contribution >= 0.6 is 23.4 Å². The van der Waals surface area contributed by atoms with Crippen molar-refractivity contribution in [2.45, 2.75) is 17.0 Å². The van der Waals surface area contributed by atoms with Crippen LogP contribution < -0.4 is 0 Å². The van der Waals surface area contributed by atoms with Crippen LogP contribution in [0.3, 0.4) is 0 Å². The molecule has 7 heteroatoms. The lowest BCUT2D eigenvalue weighted by molar-refractivity contribution is 0.112. The van der Waals surface area contributed by atoms with Crippen molar-refractivity contribution in [3.63, 3.8) is 0 Å². The first-order valence-electron chi connectivity index (χ1n) is 4.64. The van der Waals surface area contributed by atoms with Crippen LogP contribution in [-0.4, -0.2) is 26.2 Å². The molecule has 2 rings (SSSR count). The van der Waals surface area contributed by atoms with Gasteiger partial charge in [0.05, 0.1) is 5.56 Å². The minimum absolute atomic E-state index is 0.157. The lowest BCUT2D eigenvalue weighted by Crippen LogP contribution is -1.98. The summed E-state index contributed by atoms with van der Waals surface area (Å²) in [6.07, 6.45) is 3.69. The maximum atomic E-state index is 10.9. The molecule has 0 radical (unpaired) electrons. The minimum atomic E-state index is 0.157. The van der Waals surface area contributed by atoms with Crippen molar-refractivity contribution in [1.82, 2.24) is 19.9 Å². The number of rotatable bonds is 3. The highest BCUT2D eigenvalue weighted by molar-refractivity contribution is 7.99. The van der Waals surface area contributed by atoms with E-state index in [4.69, 9.17) is 11.6 Å². The van der Waals surface area contributed by atoms with E-state index in [0.717, 1.165) is 0 Å². The third kappa shape index (κ3) is 2.78. The summed E-state index contributed by atoms with van der Waals surface area (Å²) in [7, 11) is 0. The molecule has 0 saturated carbocycles. The normalized spacial score (nSPS) is 10.2.